The van der Waals surface area contributed by atoms with Crippen LogP contribution in [0.3, 0.4) is 0 Å². The molecule has 0 N–H and O–H groups in total. The number of esters is 1. The van der Waals surface area contributed by atoms with Crippen molar-refractivity contribution in [1.82, 2.24) is 0 Å². The van der Waals surface area contributed by atoms with Gasteiger partial charge in [-0.15, -0.1) is 13.2 Å². The monoisotopic (exact) mass is 268 g/mol. The van der Waals surface area contributed by atoms with Gasteiger partial charge in [-0.05, 0) is 18.8 Å². The van der Waals surface area contributed by atoms with E-state index in [0.29, 0.717) is 18.6 Å². The van der Waals surface area contributed by atoms with Crippen LogP contribution < -0.4 is 0 Å². The molecule has 0 spiro atoms. The first-order chi connectivity index (χ1) is 9.19. The number of ketones is 1. The number of carbonyl (C=O) groups excluding carboxylic acids is 2. The van der Waals surface area contributed by atoms with Crippen LogP contribution in [0.5, 0.6) is 0 Å². The van der Waals surface area contributed by atoms with Gasteiger partial charge in [0.2, 0.25) is 0 Å². The standard InChI is InChI=1S/C14H24O3.C2H4/c1-3-4-5-6-7-12-11(8-9-13(12)15)10-14(16)17-2;1-2/h11-12H,3-10H2,1-2H3;1-2H2/t11-,12+;/m0./s1. The third-order valence-corrected chi connectivity index (χ3v) is 3.77. The molecule has 3 heteroatoms. The molecule has 0 aromatic rings. The number of hydrogen-bond acceptors (Lipinski definition) is 3. The van der Waals surface area contributed by atoms with E-state index in [4.69, 9.17) is 0 Å². The molecular formula is C16H28O3. The first kappa shape index (κ1) is 17.9. The lowest BCUT2D eigenvalue weighted by Crippen LogP contribution is -2.18. The van der Waals surface area contributed by atoms with Crippen molar-refractivity contribution in [2.24, 2.45) is 11.8 Å². The summed E-state index contributed by atoms with van der Waals surface area (Å²) < 4.78 is 4.69. The van der Waals surface area contributed by atoms with Crippen LogP contribution >= 0.6 is 0 Å². The Hall–Kier alpha value is -1.12. The molecule has 0 aromatic heterocycles. The molecule has 0 aromatic carbocycles. The van der Waals surface area contributed by atoms with E-state index in [2.05, 4.69) is 24.8 Å². The maximum Gasteiger partial charge on any atom is 0.305 e. The maximum atomic E-state index is 11.8. The van der Waals surface area contributed by atoms with E-state index in [1.807, 2.05) is 0 Å². The normalized spacial score (nSPS) is 21.7. The Morgan fingerprint density at radius 1 is 1.32 bits per heavy atom. The second-order valence-electron chi connectivity index (χ2n) is 5.00. The van der Waals surface area contributed by atoms with Gasteiger partial charge in [0.05, 0.1) is 7.11 Å². The highest BCUT2D eigenvalue weighted by atomic mass is 16.5. The summed E-state index contributed by atoms with van der Waals surface area (Å²) in [4.78, 5) is 23.0. The fourth-order valence-electron chi connectivity index (χ4n) is 2.71. The highest BCUT2D eigenvalue weighted by Gasteiger charge is 2.35. The maximum absolute atomic E-state index is 11.8. The van der Waals surface area contributed by atoms with E-state index in [0.717, 1.165) is 19.3 Å². The number of ether oxygens (including phenoxy) is 1. The molecule has 1 aliphatic rings. The molecular weight excluding hydrogens is 240 g/mol. The van der Waals surface area contributed by atoms with Crippen LogP contribution in [0.2, 0.25) is 0 Å². The molecule has 3 nitrogen and oxygen atoms in total. The molecule has 1 rings (SSSR count). The number of methoxy groups -OCH3 is 1. The van der Waals surface area contributed by atoms with E-state index in [9.17, 15) is 9.59 Å². The number of Topliss-reactive ketones (excluding diaryl/α,β-unsaturated/α-hetero) is 1. The van der Waals surface area contributed by atoms with Crippen molar-refractivity contribution in [2.45, 2.75) is 58.3 Å². The van der Waals surface area contributed by atoms with Gasteiger partial charge in [0.1, 0.15) is 5.78 Å². The van der Waals surface area contributed by atoms with E-state index >= 15 is 0 Å². The first-order valence-corrected chi connectivity index (χ1v) is 7.28. The van der Waals surface area contributed by atoms with E-state index in [1.54, 1.807) is 0 Å². The Kier molecular flexibility index (Phi) is 10.1. The average molecular weight is 268 g/mol. The molecule has 19 heavy (non-hydrogen) atoms. The van der Waals surface area contributed by atoms with Gasteiger partial charge in [0, 0.05) is 18.8 Å². The van der Waals surface area contributed by atoms with Crippen molar-refractivity contribution in [3.63, 3.8) is 0 Å². The Labute approximate surface area is 117 Å². The minimum atomic E-state index is -0.178. The second-order valence-corrected chi connectivity index (χ2v) is 5.00. The Bertz CT molecular complexity index is 273. The largest absolute Gasteiger partial charge is 0.469 e. The van der Waals surface area contributed by atoms with Gasteiger partial charge < -0.3 is 4.74 Å². The van der Waals surface area contributed by atoms with Gasteiger partial charge in [-0.3, -0.25) is 9.59 Å². The van der Waals surface area contributed by atoms with E-state index in [-0.39, 0.29) is 17.8 Å². The molecule has 0 unspecified atom stereocenters. The highest BCUT2D eigenvalue weighted by Crippen LogP contribution is 2.35. The Morgan fingerprint density at radius 2 is 2.00 bits per heavy atom. The molecule has 0 radical (unpaired) electrons. The van der Waals surface area contributed by atoms with Crippen LogP contribution in [-0.4, -0.2) is 18.9 Å². The minimum absolute atomic E-state index is 0.117. The summed E-state index contributed by atoms with van der Waals surface area (Å²) >= 11 is 0. The van der Waals surface area contributed by atoms with Crippen molar-refractivity contribution >= 4 is 11.8 Å². The SMILES string of the molecule is C=C.CCCCCC[C@H]1C(=O)CC[C@H]1CC(=O)OC. The fraction of sp³-hybridized carbons (Fsp3) is 0.750. The van der Waals surface area contributed by atoms with Crippen molar-refractivity contribution in [3.8, 4) is 0 Å². The molecule has 0 amide bonds. The molecule has 1 fully saturated rings. The van der Waals surface area contributed by atoms with Gasteiger partial charge in [0.15, 0.2) is 0 Å². The van der Waals surface area contributed by atoms with Gasteiger partial charge in [0.25, 0.3) is 0 Å². The van der Waals surface area contributed by atoms with Crippen LogP contribution in [0, 0.1) is 11.8 Å². The number of unbranched alkanes of at least 4 members (excludes halogenated alkanes) is 3. The lowest BCUT2D eigenvalue weighted by Gasteiger charge is -2.16. The van der Waals surface area contributed by atoms with Crippen molar-refractivity contribution in [2.75, 3.05) is 7.11 Å². The summed E-state index contributed by atoms with van der Waals surface area (Å²) in [5.74, 6) is 0.529. The molecule has 0 bridgehead atoms. The van der Waals surface area contributed by atoms with Gasteiger partial charge in [-0.1, -0.05) is 32.6 Å². The van der Waals surface area contributed by atoms with E-state index in [1.165, 1.54) is 26.4 Å². The van der Waals surface area contributed by atoms with Crippen LogP contribution in [0.15, 0.2) is 13.2 Å². The van der Waals surface area contributed by atoms with Crippen LogP contribution in [0.4, 0.5) is 0 Å². The van der Waals surface area contributed by atoms with Gasteiger partial charge >= 0.3 is 5.97 Å². The van der Waals surface area contributed by atoms with Crippen LogP contribution in [0.1, 0.15) is 58.3 Å². The first-order valence-electron chi connectivity index (χ1n) is 7.28. The number of rotatable bonds is 7. The quantitative estimate of drug-likeness (QED) is 0.399. The van der Waals surface area contributed by atoms with E-state index < -0.39 is 0 Å². The summed E-state index contributed by atoms with van der Waals surface area (Å²) in [6.45, 7) is 8.18. The van der Waals surface area contributed by atoms with Crippen molar-refractivity contribution < 1.29 is 14.3 Å². The zero-order valence-electron chi connectivity index (χ0n) is 12.5. The topological polar surface area (TPSA) is 43.4 Å². The van der Waals surface area contributed by atoms with Gasteiger partial charge in [-0.25, -0.2) is 0 Å². The zero-order valence-corrected chi connectivity index (χ0v) is 12.5. The van der Waals surface area contributed by atoms with Crippen molar-refractivity contribution in [1.29, 1.82) is 0 Å². The molecule has 110 valence electrons. The smallest absolute Gasteiger partial charge is 0.305 e. The second kappa shape index (κ2) is 10.8. The molecule has 1 aliphatic carbocycles. The number of hydrogen-bond donors (Lipinski definition) is 0. The Morgan fingerprint density at radius 3 is 2.58 bits per heavy atom. The van der Waals surface area contributed by atoms with Crippen molar-refractivity contribution in [3.05, 3.63) is 13.2 Å². The van der Waals surface area contributed by atoms with Crippen LogP contribution in [-0.2, 0) is 14.3 Å². The summed E-state index contributed by atoms with van der Waals surface area (Å²) in [5.41, 5.74) is 0. The molecule has 2 atom stereocenters. The predicted molar refractivity (Wildman–Crippen MR) is 77.9 cm³/mol. The van der Waals surface area contributed by atoms with Gasteiger partial charge in [-0.2, -0.15) is 0 Å². The minimum Gasteiger partial charge on any atom is -0.469 e. The molecule has 0 aliphatic heterocycles. The average Bonchev–Trinajstić information content (AvgIpc) is 2.78. The Balaban J connectivity index is 0.00000154. The third kappa shape index (κ3) is 6.55. The summed E-state index contributed by atoms with van der Waals surface area (Å²) in [5, 5.41) is 0. The summed E-state index contributed by atoms with van der Waals surface area (Å²) in [6.07, 6.45) is 7.66. The predicted octanol–water partition coefficient (Wildman–Crippen LogP) is 3.92. The highest BCUT2D eigenvalue weighted by molar-refractivity contribution is 5.84. The molecule has 0 saturated heterocycles. The molecule has 0 heterocycles. The summed E-state index contributed by atoms with van der Waals surface area (Å²) in [6, 6.07) is 0. The summed E-state index contributed by atoms with van der Waals surface area (Å²) in [7, 11) is 1.41. The fourth-order valence-corrected chi connectivity index (χ4v) is 2.71. The lowest BCUT2D eigenvalue weighted by molar-refractivity contribution is -0.142. The molecule has 1 saturated carbocycles. The number of carbonyl (C=O) groups is 2. The lowest BCUT2D eigenvalue weighted by atomic mass is 9.88. The third-order valence-electron chi connectivity index (χ3n) is 3.77. The van der Waals surface area contributed by atoms with Crippen LogP contribution in [0.25, 0.3) is 0 Å². The zero-order chi connectivity index (χ0) is 14.7.